The van der Waals surface area contributed by atoms with Gasteiger partial charge in [0.15, 0.2) is 0 Å². The Bertz CT molecular complexity index is 2040. The van der Waals surface area contributed by atoms with Crippen LogP contribution in [0.3, 0.4) is 0 Å². The van der Waals surface area contributed by atoms with Crippen molar-refractivity contribution in [3.63, 3.8) is 0 Å². The average Bonchev–Trinajstić information content (AvgIpc) is 3.73. The Kier molecular flexibility index (Phi) is 5.91. The zero-order valence-corrected chi connectivity index (χ0v) is 22.9. The topological polar surface area (TPSA) is 137 Å². The zero-order chi connectivity index (χ0) is 26.2. The Morgan fingerprint density at radius 1 is 0.333 bits per heavy atom. The molecule has 3 aromatic heterocycles. The minimum Gasteiger partial charge on any atom is -0.412 e. The first-order chi connectivity index (χ1) is 19.8. The van der Waals surface area contributed by atoms with Gasteiger partial charge in [-0.25, -0.2) is 9.97 Å². The molecule has 7 aromatic rings. The monoisotopic (exact) mass is 585 g/mol. The maximum absolute atomic E-state index is 4.95. The van der Waals surface area contributed by atoms with Crippen molar-refractivity contribution in [3.05, 3.63) is 97.1 Å². The molecule has 8 bridgehead atoms. The van der Waals surface area contributed by atoms with Crippen LogP contribution in [0.2, 0.25) is 0 Å². The van der Waals surface area contributed by atoms with Crippen molar-refractivity contribution in [1.82, 2.24) is 39.9 Å². The maximum atomic E-state index is 4.95. The van der Waals surface area contributed by atoms with Crippen LogP contribution in [0, 0.1) is 0 Å². The van der Waals surface area contributed by atoms with Gasteiger partial charge in [0.2, 0.25) is 0 Å². The molecule has 0 unspecified atom stereocenters. The molecule has 1 radical (unpaired) electrons. The zero-order valence-electron chi connectivity index (χ0n) is 21.7. The van der Waals surface area contributed by atoms with Crippen LogP contribution in [0.25, 0.3) is 89.7 Å². The van der Waals surface area contributed by atoms with Crippen LogP contribution in [0.1, 0.15) is 0 Å². The van der Waals surface area contributed by atoms with E-state index in [1.165, 1.54) is 0 Å². The van der Waals surface area contributed by atoms with Crippen molar-refractivity contribution < 1.29 is 22.5 Å². The van der Waals surface area contributed by atoms with E-state index >= 15 is 0 Å². The molecule has 0 aliphatic carbocycles. The predicted molar refractivity (Wildman–Crippen MR) is 158 cm³/mol. The SMILES string of the molecule is O.[Mn+2].c1ccc2c(c1)-c1nc-2nc2[n-]c(nc3nc(nc4[n-]c(n1)c1ccccc41)-c1ccccc1-3)c1ccccc21. The van der Waals surface area contributed by atoms with Crippen molar-refractivity contribution in [2.75, 3.05) is 0 Å². The smallest absolute Gasteiger partial charge is 0.412 e. The predicted octanol–water partition coefficient (Wildman–Crippen LogP) is 5.30. The van der Waals surface area contributed by atoms with Crippen LogP contribution >= 0.6 is 0 Å². The number of aromatic nitrogens is 8. The van der Waals surface area contributed by atoms with Gasteiger partial charge in [-0.3, -0.25) is 0 Å². The number of fused-ring (bicyclic) bond motifs is 20. The van der Waals surface area contributed by atoms with Gasteiger partial charge in [0.1, 0.15) is 0 Å². The van der Waals surface area contributed by atoms with Gasteiger partial charge in [-0.05, 0) is 21.5 Å². The summed E-state index contributed by atoms with van der Waals surface area (Å²) in [4.78, 5) is 39.3. The molecule has 0 spiro atoms. The van der Waals surface area contributed by atoms with Gasteiger partial charge >= 0.3 is 17.1 Å². The first-order valence-electron chi connectivity index (χ1n) is 12.9. The second kappa shape index (κ2) is 9.67. The second-order valence-electron chi connectivity index (χ2n) is 9.67. The molecule has 42 heavy (non-hydrogen) atoms. The third-order valence-corrected chi connectivity index (χ3v) is 7.33. The summed E-state index contributed by atoms with van der Waals surface area (Å²) in [6.07, 6.45) is 0. The van der Waals surface area contributed by atoms with E-state index in [9.17, 15) is 0 Å². The molecule has 5 heterocycles. The number of benzene rings is 4. The minimum absolute atomic E-state index is 0. The third kappa shape index (κ3) is 3.74. The molecular weight excluding hydrogens is 567 g/mol. The second-order valence-corrected chi connectivity index (χ2v) is 9.67. The largest absolute Gasteiger partial charge is 2.00 e. The van der Waals surface area contributed by atoms with Gasteiger partial charge in [0.25, 0.3) is 0 Å². The van der Waals surface area contributed by atoms with E-state index < -0.39 is 0 Å². The van der Waals surface area contributed by atoms with E-state index in [2.05, 4.69) is 0 Å². The number of nitrogens with zero attached hydrogens (tertiary/aromatic N) is 8. The molecule has 2 aliphatic heterocycles. The van der Waals surface area contributed by atoms with Gasteiger partial charge in [0.05, 0.1) is 23.3 Å². The molecule has 10 heteroatoms. The van der Waals surface area contributed by atoms with Gasteiger partial charge in [-0.15, -0.1) is 0 Å². The first-order valence-corrected chi connectivity index (χ1v) is 12.9. The molecule has 2 aliphatic rings. The van der Waals surface area contributed by atoms with Crippen molar-refractivity contribution in [2.24, 2.45) is 0 Å². The average molecular weight is 585 g/mol. The molecule has 2 N–H and O–H groups in total. The fraction of sp³-hybridized carbons (Fsp3) is 0. The number of hydrogen-bond donors (Lipinski definition) is 0. The normalized spacial score (nSPS) is 11.4. The maximum Gasteiger partial charge on any atom is 2.00 e. The van der Waals surface area contributed by atoms with Crippen molar-refractivity contribution >= 4 is 44.1 Å². The summed E-state index contributed by atoms with van der Waals surface area (Å²) in [5.41, 5.74) is 5.78. The van der Waals surface area contributed by atoms with Crippen LogP contribution in [-0.2, 0) is 17.1 Å². The quantitative estimate of drug-likeness (QED) is 0.219. The van der Waals surface area contributed by atoms with E-state index in [1.807, 2.05) is 97.1 Å². The van der Waals surface area contributed by atoms with Gasteiger partial charge in [-0.1, -0.05) is 97.1 Å². The summed E-state index contributed by atoms with van der Waals surface area (Å²) in [5.74, 6) is 2.21. The fourth-order valence-electron chi connectivity index (χ4n) is 5.46. The van der Waals surface area contributed by atoms with Crippen molar-refractivity contribution in [1.29, 1.82) is 0 Å². The summed E-state index contributed by atoms with van der Waals surface area (Å²) >= 11 is 0. The van der Waals surface area contributed by atoms with Crippen LogP contribution in [-0.4, -0.2) is 35.4 Å². The molecule has 0 atom stereocenters. The Labute approximate surface area is 248 Å². The molecule has 0 fully saturated rings. The Balaban J connectivity index is 0.00000144. The van der Waals surface area contributed by atoms with Gasteiger partial charge in [0, 0.05) is 44.8 Å². The molecule has 4 aromatic carbocycles. The summed E-state index contributed by atoms with van der Waals surface area (Å²) in [5, 5.41) is 3.57. The minimum atomic E-state index is 0. The van der Waals surface area contributed by atoms with Crippen LogP contribution in [0.4, 0.5) is 0 Å². The third-order valence-electron chi connectivity index (χ3n) is 7.33. The van der Waals surface area contributed by atoms with Gasteiger partial charge < -0.3 is 35.4 Å². The summed E-state index contributed by atoms with van der Waals surface area (Å²) < 4.78 is 0. The molecule has 0 amide bonds. The van der Waals surface area contributed by atoms with Crippen LogP contribution in [0.15, 0.2) is 97.1 Å². The number of hydrogen-bond acceptors (Lipinski definition) is 6. The molecule has 9 nitrogen and oxygen atoms in total. The summed E-state index contributed by atoms with van der Waals surface area (Å²) in [6, 6.07) is 31.8. The van der Waals surface area contributed by atoms with Crippen molar-refractivity contribution in [3.8, 4) is 45.6 Å². The van der Waals surface area contributed by atoms with Crippen LogP contribution in [0.5, 0.6) is 0 Å². The molecule has 0 saturated heterocycles. The fourth-order valence-corrected chi connectivity index (χ4v) is 5.46. The summed E-state index contributed by atoms with van der Waals surface area (Å²) in [7, 11) is 0. The van der Waals surface area contributed by atoms with E-state index in [-0.39, 0.29) is 22.5 Å². The molecule has 0 saturated carbocycles. The molecule has 199 valence electrons. The number of rotatable bonds is 0. The Hall–Kier alpha value is -5.28. The standard InChI is InChI=1S/C32H16N8.Mn.H2O/c1-2-10-18-17(9-1)25-33-26(18)38-28-21-13-5-6-14-22(21)30(35-28)40-32-24-16-8-7-15-23(24)31(36-32)39-29-20-12-4-3-11-19(20)27(34-29)37-25;;/h1-16H;;1H2/q-2;+2;. The Morgan fingerprint density at radius 2 is 0.571 bits per heavy atom. The van der Waals surface area contributed by atoms with E-state index in [4.69, 9.17) is 39.9 Å². The van der Waals surface area contributed by atoms with Gasteiger partial charge in [-0.2, -0.15) is 0 Å². The molecular formula is C32H18MnN8O. The molecule has 9 rings (SSSR count). The van der Waals surface area contributed by atoms with Crippen molar-refractivity contribution in [2.45, 2.75) is 0 Å². The van der Waals surface area contributed by atoms with E-state index in [0.29, 0.717) is 45.9 Å². The first kappa shape index (κ1) is 25.7. The van der Waals surface area contributed by atoms with E-state index in [0.717, 1.165) is 43.8 Å². The van der Waals surface area contributed by atoms with Crippen LogP contribution < -0.4 is 9.97 Å². The Morgan fingerprint density at radius 3 is 0.833 bits per heavy atom. The van der Waals surface area contributed by atoms with E-state index in [1.54, 1.807) is 0 Å². The summed E-state index contributed by atoms with van der Waals surface area (Å²) in [6.45, 7) is 0.